The van der Waals surface area contributed by atoms with E-state index in [1.54, 1.807) is 12.5 Å². The highest BCUT2D eigenvalue weighted by Gasteiger charge is 2.36. The molecule has 1 aliphatic heterocycles. The Balaban J connectivity index is 1.21. The Kier molecular flexibility index (Phi) is 5.10. The van der Waals surface area contributed by atoms with Gasteiger partial charge in [-0.15, -0.1) is 0 Å². The molecule has 1 saturated heterocycles. The summed E-state index contributed by atoms with van der Waals surface area (Å²) in [4.78, 5) is 24.2. The molecule has 0 bridgehead atoms. The summed E-state index contributed by atoms with van der Waals surface area (Å²) in [5.74, 6) is 1.86. The Morgan fingerprint density at radius 2 is 1.81 bits per heavy atom. The van der Waals surface area contributed by atoms with E-state index >= 15 is 0 Å². The van der Waals surface area contributed by atoms with Crippen LogP contribution in [0.25, 0.3) is 44.6 Å². The van der Waals surface area contributed by atoms with E-state index < -0.39 is 0 Å². The van der Waals surface area contributed by atoms with Gasteiger partial charge in [-0.3, -0.25) is 4.79 Å². The van der Waals surface area contributed by atoms with Gasteiger partial charge in [0.05, 0.1) is 11.3 Å². The van der Waals surface area contributed by atoms with Gasteiger partial charge in [0, 0.05) is 42.7 Å². The lowest BCUT2D eigenvalue weighted by molar-refractivity contribution is -0.131. The molecule has 1 saturated carbocycles. The van der Waals surface area contributed by atoms with Crippen molar-refractivity contribution in [2.75, 3.05) is 13.1 Å². The molecule has 2 fully saturated rings. The average Bonchev–Trinajstić information content (AvgIpc) is 3.30. The van der Waals surface area contributed by atoms with Gasteiger partial charge in [0.25, 0.3) is 0 Å². The standard InChI is InChI=1S/C29H25ClN4O2/c30-24-14-25-28(31-15-24)34(17-18-9-11-33(16-18)29(35)21-5-6-21)27(32-25)20-3-1-19(2-4-20)22-7-8-26-23(13-22)10-12-36-26/h1-4,7-8,10,12-15,18,21H,5-6,9,11,16-17H2/t18-/m1/s1. The highest BCUT2D eigenvalue weighted by Crippen LogP contribution is 2.34. The van der Waals surface area contributed by atoms with Gasteiger partial charge in [0.2, 0.25) is 5.91 Å². The van der Waals surface area contributed by atoms with Crippen LogP contribution in [0.1, 0.15) is 19.3 Å². The van der Waals surface area contributed by atoms with Gasteiger partial charge in [-0.2, -0.15) is 0 Å². The summed E-state index contributed by atoms with van der Waals surface area (Å²) in [6.45, 7) is 2.42. The third-order valence-corrected chi connectivity index (χ3v) is 7.65. The zero-order valence-corrected chi connectivity index (χ0v) is 20.5. The lowest BCUT2D eigenvalue weighted by atomic mass is 10.0. The van der Waals surface area contributed by atoms with E-state index in [4.69, 9.17) is 21.0 Å². The lowest BCUT2D eigenvalue weighted by Gasteiger charge is -2.17. The van der Waals surface area contributed by atoms with Crippen molar-refractivity contribution >= 4 is 39.6 Å². The molecule has 0 N–H and O–H groups in total. The molecular weight excluding hydrogens is 472 g/mol. The number of benzene rings is 2. The van der Waals surface area contributed by atoms with Crippen molar-refractivity contribution in [3.05, 3.63) is 72.1 Å². The molecule has 2 aromatic carbocycles. The molecule has 3 aromatic heterocycles. The SMILES string of the molecule is O=C(C1CC1)N1CC[C@@H](Cn2c(-c3ccc(-c4ccc5occc5c4)cc3)nc3cc(Cl)cnc32)C1. The normalized spacial score (nSPS) is 17.9. The van der Waals surface area contributed by atoms with Gasteiger partial charge in [-0.1, -0.05) is 41.9 Å². The van der Waals surface area contributed by atoms with E-state index in [2.05, 4.69) is 50.8 Å². The van der Waals surface area contributed by atoms with Gasteiger partial charge in [-0.25, -0.2) is 9.97 Å². The minimum atomic E-state index is 0.268. The monoisotopic (exact) mass is 496 g/mol. The van der Waals surface area contributed by atoms with Crippen LogP contribution >= 0.6 is 11.6 Å². The maximum Gasteiger partial charge on any atom is 0.225 e. The van der Waals surface area contributed by atoms with Crippen LogP contribution in [0.15, 0.2) is 71.5 Å². The number of nitrogens with zero attached hydrogens (tertiary/aromatic N) is 4. The molecule has 2 aliphatic rings. The van der Waals surface area contributed by atoms with Crippen LogP contribution in [0.2, 0.25) is 5.02 Å². The van der Waals surface area contributed by atoms with E-state index in [0.29, 0.717) is 16.8 Å². The molecule has 5 aromatic rings. The summed E-state index contributed by atoms with van der Waals surface area (Å²) in [7, 11) is 0. The number of imidazole rings is 1. The third-order valence-electron chi connectivity index (χ3n) is 7.45. The fourth-order valence-electron chi connectivity index (χ4n) is 5.37. The molecule has 0 radical (unpaired) electrons. The van der Waals surface area contributed by atoms with Crippen LogP contribution in [-0.4, -0.2) is 38.4 Å². The molecule has 1 amide bonds. The Labute approximate surface area is 213 Å². The van der Waals surface area contributed by atoms with Crippen molar-refractivity contribution in [1.29, 1.82) is 0 Å². The largest absolute Gasteiger partial charge is 0.464 e. The number of fused-ring (bicyclic) bond motifs is 2. The number of hydrogen-bond acceptors (Lipinski definition) is 4. The number of halogens is 1. The van der Waals surface area contributed by atoms with Crippen LogP contribution in [0, 0.1) is 11.8 Å². The number of furan rings is 1. The predicted molar refractivity (Wildman–Crippen MR) is 141 cm³/mol. The summed E-state index contributed by atoms with van der Waals surface area (Å²) < 4.78 is 7.68. The molecule has 4 heterocycles. The minimum absolute atomic E-state index is 0.268. The summed E-state index contributed by atoms with van der Waals surface area (Å²) in [6.07, 6.45) is 6.49. The second-order valence-electron chi connectivity index (χ2n) is 10.0. The number of rotatable bonds is 5. The lowest BCUT2D eigenvalue weighted by Crippen LogP contribution is -2.30. The number of amides is 1. The molecule has 36 heavy (non-hydrogen) atoms. The second-order valence-corrected chi connectivity index (χ2v) is 10.4. The first kappa shape index (κ1) is 21.6. The van der Waals surface area contributed by atoms with Crippen molar-refractivity contribution in [1.82, 2.24) is 19.4 Å². The van der Waals surface area contributed by atoms with E-state index in [1.807, 2.05) is 18.2 Å². The fourth-order valence-corrected chi connectivity index (χ4v) is 5.52. The minimum Gasteiger partial charge on any atom is -0.464 e. The summed E-state index contributed by atoms with van der Waals surface area (Å²) in [6, 6.07) is 18.6. The van der Waals surface area contributed by atoms with Crippen LogP contribution in [0.4, 0.5) is 0 Å². The van der Waals surface area contributed by atoms with Gasteiger partial charge >= 0.3 is 0 Å². The quantitative estimate of drug-likeness (QED) is 0.281. The van der Waals surface area contributed by atoms with Crippen LogP contribution in [-0.2, 0) is 11.3 Å². The molecule has 0 unspecified atom stereocenters. The fraction of sp³-hybridized carbons (Fsp3) is 0.276. The van der Waals surface area contributed by atoms with Crippen molar-refractivity contribution in [2.24, 2.45) is 11.8 Å². The first-order valence-corrected chi connectivity index (χ1v) is 12.9. The van der Waals surface area contributed by atoms with Crippen molar-refractivity contribution in [3.63, 3.8) is 0 Å². The summed E-state index contributed by atoms with van der Waals surface area (Å²) in [5.41, 5.74) is 5.81. The molecule has 0 spiro atoms. The number of aromatic nitrogens is 3. The van der Waals surface area contributed by atoms with E-state index in [0.717, 1.165) is 83.5 Å². The van der Waals surface area contributed by atoms with E-state index in [1.165, 1.54) is 0 Å². The van der Waals surface area contributed by atoms with E-state index in [9.17, 15) is 4.79 Å². The average molecular weight is 497 g/mol. The van der Waals surface area contributed by atoms with Gasteiger partial charge in [-0.05, 0) is 60.6 Å². The highest BCUT2D eigenvalue weighted by molar-refractivity contribution is 6.31. The zero-order chi connectivity index (χ0) is 24.2. The summed E-state index contributed by atoms with van der Waals surface area (Å²) >= 11 is 6.25. The molecule has 1 aliphatic carbocycles. The second kappa shape index (κ2) is 8.49. The van der Waals surface area contributed by atoms with Crippen molar-refractivity contribution in [2.45, 2.75) is 25.8 Å². The Hall–Kier alpha value is -3.64. The first-order chi connectivity index (χ1) is 17.6. The van der Waals surface area contributed by atoms with Gasteiger partial charge in [0.15, 0.2) is 5.65 Å². The smallest absolute Gasteiger partial charge is 0.225 e. The van der Waals surface area contributed by atoms with E-state index in [-0.39, 0.29) is 5.92 Å². The van der Waals surface area contributed by atoms with Gasteiger partial charge in [0.1, 0.15) is 16.9 Å². The number of carbonyl (C=O) groups excluding carboxylic acids is 1. The maximum absolute atomic E-state index is 12.6. The number of hydrogen-bond donors (Lipinski definition) is 0. The molecule has 7 heteroatoms. The molecular formula is C29H25ClN4O2. The molecule has 6 nitrogen and oxygen atoms in total. The van der Waals surface area contributed by atoms with Crippen molar-refractivity contribution < 1.29 is 9.21 Å². The van der Waals surface area contributed by atoms with Crippen LogP contribution in [0.5, 0.6) is 0 Å². The highest BCUT2D eigenvalue weighted by atomic mass is 35.5. The maximum atomic E-state index is 12.6. The van der Waals surface area contributed by atoms with Crippen molar-refractivity contribution in [3.8, 4) is 22.5 Å². The number of likely N-dealkylation sites (tertiary alicyclic amines) is 1. The van der Waals surface area contributed by atoms with Gasteiger partial charge < -0.3 is 13.9 Å². The molecule has 7 rings (SSSR count). The Morgan fingerprint density at radius 1 is 1.00 bits per heavy atom. The number of pyridine rings is 1. The third kappa shape index (κ3) is 3.86. The predicted octanol–water partition coefficient (Wildman–Crippen LogP) is 6.42. The summed E-state index contributed by atoms with van der Waals surface area (Å²) in [5, 5.41) is 1.66. The first-order valence-electron chi connectivity index (χ1n) is 12.5. The molecule has 180 valence electrons. The Morgan fingerprint density at radius 3 is 2.64 bits per heavy atom. The molecule has 1 atom stereocenters. The van der Waals surface area contributed by atoms with Crippen LogP contribution < -0.4 is 0 Å². The zero-order valence-electron chi connectivity index (χ0n) is 19.7. The number of carbonyl (C=O) groups is 1. The Bertz CT molecular complexity index is 1600. The van der Waals surface area contributed by atoms with Crippen LogP contribution in [0.3, 0.4) is 0 Å². The topological polar surface area (TPSA) is 64.2 Å².